The van der Waals surface area contributed by atoms with Crippen molar-refractivity contribution in [1.82, 2.24) is 4.98 Å². The molecule has 28 heavy (non-hydrogen) atoms. The second-order valence-corrected chi connectivity index (χ2v) is 5.70. The molecule has 0 saturated carbocycles. The smallest absolute Gasteiger partial charge is 0.478 e. The molecule has 0 radical (unpaired) electrons. The van der Waals surface area contributed by atoms with Crippen LogP contribution in [0.15, 0.2) is 66.7 Å². The Labute approximate surface area is 158 Å². The van der Waals surface area contributed by atoms with Gasteiger partial charge in [0.1, 0.15) is 12.4 Å². The fourth-order valence-electron chi connectivity index (χ4n) is 2.46. The van der Waals surface area contributed by atoms with E-state index in [1.165, 1.54) is 24.3 Å². The van der Waals surface area contributed by atoms with Crippen molar-refractivity contribution in [2.75, 3.05) is 0 Å². The van der Waals surface area contributed by atoms with E-state index in [9.17, 15) is 23.1 Å². The van der Waals surface area contributed by atoms with E-state index in [1.54, 1.807) is 0 Å². The number of rotatable bonds is 6. The maximum Gasteiger partial charge on any atom is 0.573 e. The number of ether oxygens (including phenoxy) is 2. The van der Waals surface area contributed by atoms with Crippen LogP contribution in [0.3, 0.4) is 0 Å². The van der Waals surface area contributed by atoms with Gasteiger partial charge in [0.25, 0.3) is 0 Å². The van der Waals surface area contributed by atoms with Crippen LogP contribution < -0.4 is 9.47 Å². The molecule has 0 aliphatic heterocycles. The number of carboxylic acids is 1. The lowest BCUT2D eigenvalue weighted by molar-refractivity contribution is -0.274. The Kier molecular flexibility index (Phi) is 5.49. The molecule has 0 saturated heterocycles. The number of alkyl halides is 3. The number of benzene rings is 2. The molecule has 5 nitrogen and oxygen atoms in total. The molecule has 1 N–H and O–H groups in total. The molecule has 0 unspecified atom stereocenters. The second-order valence-electron chi connectivity index (χ2n) is 5.70. The number of pyridine rings is 1. The van der Waals surface area contributed by atoms with Crippen molar-refractivity contribution in [3.63, 3.8) is 0 Å². The highest BCUT2D eigenvalue weighted by atomic mass is 19.4. The van der Waals surface area contributed by atoms with Gasteiger partial charge >= 0.3 is 12.3 Å². The van der Waals surface area contributed by atoms with Crippen LogP contribution >= 0.6 is 0 Å². The highest BCUT2D eigenvalue weighted by Crippen LogP contribution is 2.34. The standard InChI is InChI=1S/C20H14F3NO4/c21-20(22,23)28-17-9-5-4-8-15(17)16-10-14(19(25)26)11-18(24-16)27-12-13-6-2-1-3-7-13/h1-11H,12H2,(H,25,26). The van der Waals surface area contributed by atoms with E-state index in [4.69, 9.17) is 4.74 Å². The largest absolute Gasteiger partial charge is 0.573 e. The van der Waals surface area contributed by atoms with Crippen molar-refractivity contribution < 1.29 is 32.5 Å². The summed E-state index contributed by atoms with van der Waals surface area (Å²) in [6, 6.07) is 16.8. The Morgan fingerprint density at radius 1 is 1.00 bits per heavy atom. The quantitative estimate of drug-likeness (QED) is 0.648. The molecule has 1 heterocycles. The first-order chi connectivity index (χ1) is 13.3. The maximum atomic E-state index is 12.7. The molecule has 2 aromatic carbocycles. The number of carbonyl (C=O) groups is 1. The molecule has 0 fully saturated rings. The van der Waals surface area contributed by atoms with Crippen LogP contribution in [0, 0.1) is 0 Å². The van der Waals surface area contributed by atoms with Crippen molar-refractivity contribution in [3.05, 3.63) is 77.9 Å². The highest BCUT2D eigenvalue weighted by molar-refractivity contribution is 5.89. The zero-order valence-corrected chi connectivity index (χ0v) is 14.3. The molecule has 1 aromatic heterocycles. The van der Waals surface area contributed by atoms with Crippen LogP contribution in [-0.4, -0.2) is 22.4 Å². The Bertz CT molecular complexity index is 975. The molecule has 0 aliphatic carbocycles. The summed E-state index contributed by atoms with van der Waals surface area (Å²) in [5.41, 5.74) is 0.637. The molecule has 8 heteroatoms. The number of aromatic nitrogens is 1. The van der Waals surface area contributed by atoms with Crippen LogP contribution in [-0.2, 0) is 6.61 Å². The third kappa shape index (κ3) is 5.00. The van der Waals surface area contributed by atoms with Crippen LogP contribution in [0.4, 0.5) is 13.2 Å². The Morgan fingerprint density at radius 3 is 2.36 bits per heavy atom. The van der Waals surface area contributed by atoms with E-state index in [1.807, 2.05) is 30.3 Å². The van der Waals surface area contributed by atoms with Gasteiger partial charge in [-0.15, -0.1) is 13.2 Å². The van der Waals surface area contributed by atoms with E-state index in [0.717, 1.165) is 17.7 Å². The molecule has 0 spiro atoms. The summed E-state index contributed by atoms with van der Waals surface area (Å²) in [7, 11) is 0. The number of halogens is 3. The Morgan fingerprint density at radius 2 is 1.68 bits per heavy atom. The molecule has 3 rings (SSSR count). The molecule has 0 bridgehead atoms. The molecular weight excluding hydrogens is 375 g/mol. The number of hydrogen-bond donors (Lipinski definition) is 1. The predicted octanol–water partition coefficient (Wildman–Crippen LogP) is 4.92. The third-order valence-electron chi connectivity index (χ3n) is 3.67. The van der Waals surface area contributed by atoms with Gasteiger partial charge in [-0.05, 0) is 23.8 Å². The van der Waals surface area contributed by atoms with Gasteiger partial charge in [0, 0.05) is 11.6 Å². The normalized spacial score (nSPS) is 11.1. The van der Waals surface area contributed by atoms with Gasteiger partial charge in [-0.3, -0.25) is 0 Å². The first-order valence-electron chi connectivity index (χ1n) is 8.09. The zero-order chi connectivity index (χ0) is 20.1. The lowest BCUT2D eigenvalue weighted by Gasteiger charge is -2.14. The first-order valence-corrected chi connectivity index (χ1v) is 8.09. The fraction of sp³-hybridized carbons (Fsp3) is 0.100. The second kappa shape index (κ2) is 7.99. The van der Waals surface area contributed by atoms with Gasteiger partial charge in [0.05, 0.1) is 11.3 Å². The molecule has 0 amide bonds. The Balaban J connectivity index is 1.97. The first kappa shape index (κ1) is 19.2. The van der Waals surface area contributed by atoms with E-state index in [2.05, 4.69) is 9.72 Å². The zero-order valence-electron chi connectivity index (χ0n) is 14.3. The summed E-state index contributed by atoms with van der Waals surface area (Å²) in [5.74, 6) is -1.78. The number of hydrogen-bond acceptors (Lipinski definition) is 4. The summed E-state index contributed by atoms with van der Waals surface area (Å²) >= 11 is 0. The van der Waals surface area contributed by atoms with Gasteiger partial charge in [0.2, 0.25) is 5.88 Å². The lowest BCUT2D eigenvalue weighted by Crippen LogP contribution is -2.17. The minimum absolute atomic E-state index is 0.00696. The monoisotopic (exact) mass is 389 g/mol. The highest BCUT2D eigenvalue weighted by Gasteiger charge is 2.32. The number of carboxylic acid groups (broad SMARTS) is 1. The molecular formula is C20H14F3NO4. The fourth-order valence-corrected chi connectivity index (χ4v) is 2.46. The SMILES string of the molecule is O=C(O)c1cc(OCc2ccccc2)nc(-c2ccccc2OC(F)(F)F)c1. The average molecular weight is 389 g/mol. The summed E-state index contributed by atoms with van der Waals surface area (Å²) in [5, 5.41) is 9.33. The molecule has 3 aromatic rings. The van der Waals surface area contributed by atoms with Gasteiger partial charge < -0.3 is 14.6 Å². The van der Waals surface area contributed by atoms with Crippen LogP contribution in [0.25, 0.3) is 11.3 Å². The molecule has 0 aliphatic rings. The van der Waals surface area contributed by atoms with Crippen LogP contribution in [0.1, 0.15) is 15.9 Å². The Hall–Kier alpha value is -3.55. The van der Waals surface area contributed by atoms with E-state index in [0.29, 0.717) is 0 Å². The lowest BCUT2D eigenvalue weighted by atomic mass is 10.1. The summed E-state index contributed by atoms with van der Waals surface area (Å²) in [6.07, 6.45) is -4.90. The summed E-state index contributed by atoms with van der Waals surface area (Å²) in [6.45, 7) is 0.122. The summed E-state index contributed by atoms with van der Waals surface area (Å²) in [4.78, 5) is 15.6. The van der Waals surface area contributed by atoms with E-state index in [-0.39, 0.29) is 29.3 Å². The third-order valence-corrected chi connectivity index (χ3v) is 3.67. The topological polar surface area (TPSA) is 68.7 Å². The van der Waals surface area contributed by atoms with Gasteiger partial charge in [0.15, 0.2) is 0 Å². The van der Waals surface area contributed by atoms with Gasteiger partial charge in [-0.2, -0.15) is 0 Å². The van der Waals surface area contributed by atoms with Crippen molar-refractivity contribution in [1.29, 1.82) is 0 Å². The minimum atomic E-state index is -4.90. The van der Waals surface area contributed by atoms with E-state index >= 15 is 0 Å². The van der Waals surface area contributed by atoms with Crippen molar-refractivity contribution in [2.45, 2.75) is 13.0 Å². The van der Waals surface area contributed by atoms with Crippen LogP contribution in [0.5, 0.6) is 11.6 Å². The minimum Gasteiger partial charge on any atom is -0.478 e. The van der Waals surface area contributed by atoms with Crippen molar-refractivity contribution in [2.24, 2.45) is 0 Å². The number of aromatic carboxylic acids is 1. The number of para-hydroxylation sites is 1. The van der Waals surface area contributed by atoms with Crippen molar-refractivity contribution in [3.8, 4) is 22.9 Å². The summed E-state index contributed by atoms with van der Waals surface area (Å²) < 4.78 is 47.6. The van der Waals surface area contributed by atoms with Crippen LogP contribution in [0.2, 0.25) is 0 Å². The molecule has 0 atom stereocenters. The van der Waals surface area contributed by atoms with Gasteiger partial charge in [-0.25, -0.2) is 9.78 Å². The maximum absolute atomic E-state index is 12.7. The van der Waals surface area contributed by atoms with Gasteiger partial charge in [-0.1, -0.05) is 42.5 Å². The van der Waals surface area contributed by atoms with Crippen molar-refractivity contribution >= 4 is 5.97 Å². The number of nitrogens with zero attached hydrogens (tertiary/aromatic N) is 1. The van der Waals surface area contributed by atoms with E-state index < -0.39 is 18.1 Å². The predicted molar refractivity (Wildman–Crippen MR) is 94.1 cm³/mol. The average Bonchev–Trinajstić information content (AvgIpc) is 2.66. The molecule has 144 valence electrons.